The number of allylic oxidation sites excluding steroid dienone is 2. The van der Waals surface area contributed by atoms with Crippen molar-refractivity contribution in [2.45, 2.75) is 38.0 Å². The van der Waals surface area contributed by atoms with E-state index in [1.165, 1.54) is 24.8 Å². The summed E-state index contributed by atoms with van der Waals surface area (Å²) in [5, 5.41) is 0. The number of hydrogen-bond acceptors (Lipinski definition) is 2. The highest BCUT2D eigenvalue weighted by Gasteiger charge is 2.41. The monoisotopic (exact) mass is 325 g/mol. The maximum Gasteiger partial charge on any atom is 0.226 e. The van der Waals surface area contributed by atoms with Crippen molar-refractivity contribution >= 4 is 5.91 Å². The molecule has 3 heteroatoms. The van der Waals surface area contributed by atoms with Gasteiger partial charge in [0.15, 0.2) is 0 Å². The Bertz CT molecular complexity index is 621. The maximum atomic E-state index is 13.1. The number of likely N-dealkylation sites (tertiary alicyclic amines) is 1. The van der Waals surface area contributed by atoms with E-state index >= 15 is 0 Å². The summed E-state index contributed by atoms with van der Waals surface area (Å²) in [6.07, 6.45) is 10.4. The molecule has 1 aromatic carbocycles. The first-order chi connectivity index (χ1) is 11.7. The van der Waals surface area contributed by atoms with Gasteiger partial charge in [0.25, 0.3) is 0 Å². The van der Waals surface area contributed by atoms with E-state index in [9.17, 15) is 4.79 Å². The Balaban J connectivity index is 1.47. The zero-order valence-corrected chi connectivity index (χ0v) is 14.5. The van der Waals surface area contributed by atoms with Gasteiger partial charge in [-0.2, -0.15) is 0 Å². The number of rotatable bonds is 3. The van der Waals surface area contributed by atoms with Crippen molar-refractivity contribution in [3.05, 3.63) is 42.0 Å². The summed E-state index contributed by atoms with van der Waals surface area (Å²) < 4.78 is 5.27. The van der Waals surface area contributed by atoms with Gasteiger partial charge in [0.05, 0.1) is 7.11 Å². The van der Waals surface area contributed by atoms with Crippen LogP contribution in [0.25, 0.3) is 0 Å². The predicted molar refractivity (Wildman–Crippen MR) is 95.0 cm³/mol. The minimum atomic E-state index is 0.245. The molecule has 0 radical (unpaired) electrons. The summed E-state index contributed by atoms with van der Waals surface area (Å²) in [7, 11) is 1.70. The molecule has 0 spiro atoms. The molecule has 2 bridgehead atoms. The Morgan fingerprint density at radius 2 is 1.96 bits per heavy atom. The third kappa shape index (κ3) is 2.97. The average Bonchev–Trinajstić information content (AvgIpc) is 3.17. The van der Waals surface area contributed by atoms with Gasteiger partial charge in [0.2, 0.25) is 5.91 Å². The van der Waals surface area contributed by atoms with Crippen LogP contribution < -0.4 is 4.74 Å². The number of carbonyl (C=O) groups is 1. The van der Waals surface area contributed by atoms with Gasteiger partial charge in [0, 0.05) is 24.9 Å². The quantitative estimate of drug-likeness (QED) is 0.786. The molecule has 1 aliphatic heterocycles. The van der Waals surface area contributed by atoms with Crippen molar-refractivity contribution in [2.24, 2.45) is 17.8 Å². The van der Waals surface area contributed by atoms with E-state index in [4.69, 9.17) is 4.74 Å². The summed E-state index contributed by atoms with van der Waals surface area (Å²) in [5.41, 5.74) is 1.34. The standard InChI is InChI=1S/C21H27NO2/c1-24-19-9-7-16(8-10-19)18-4-2-3-11-22(14-18)21(23)20-13-15-5-6-17(20)12-15/h5-10,15,17-18,20H,2-4,11-14H2,1H3/t15-,17-,18-,20-/m0/s1. The van der Waals surface area contributed by atoms with Gasteiger partial charge in [-0.15, -0.1) is 0 Å². The second-order valence-corrected chi connectivity index (χ2v) is 7.64. The molecule has 3 nitrogen and oxygen atoms in total. The summed E-state index contributed by atoms with van der Waals surface area (Å²) in [4.78, 5) is 15.3. The molecule has 0 N–H and O–H groups in total. The van der Waals surface area contributed by atoms with E-state index in [0.717, 1.165) is 31.7 Å². The molecular formula is C21H27NO2. The molecule has 1 saturated carbocycles. The van der Waals surface area contributed by atoms with Crippen molar-refractivity contribution in [1.82, 2.24) is 4.90 Å². The normalized spacial score (nSPS) is 32.0. The van der Waals surface area contributed by atoms with Crippen LogP contribution >= 0.6 is 0 Å². The van der Waals surface area contributed by atoms with Gasteiger partial charge in [-0.1, -0.05) is 30.7 Å². The van der Waals surface area contributed by atoms with Crippen LogP contribution in [0.4, 0.5) is 0 Å². The molecule has 128 valence electrons. The fraction of sp³-hybridized carbons (Fsp3) is 0.571. The molecule has 1 aromatic rings. The number of ether oxygens (including phenoxy) is 1. The van der Waals surface area contributed by atoms with Crippen molar-refractivity contribution in [3.8, 4) is 5.75 Å². The van der Waals surface area contributed by atoms with Crippen LogP contribution in [0.1, 0.15) is 43.6 Å². The van der Waals surface area contributed by atoms with E-state index in [1.54, 1.807) is 7.11 Å². The van der Waals surface area contributed by atoms with Crippen molar-refractivity contribution in [3.63, 3.8) is 0 Å². The summed E-state index contributed by atoms with van der Waals surface area (Å²) >= 11 is 0. The highest BCUT2D eigenvalue weighted by Crippen LogP contribution is 2.44. The summed E-state index contributed by atoms with van der Waals surface area (Å²) in [5.74, 6) is 3.17. The Morgan fingerprint density at radius 3 is 2.62 bits per heavy atom. The second-order valence-electron chi connectivity index (χ2n) is 7.64. The van der Waals surface area contributed by atoms with Crippen LogP contribution in [-0.4, -0.2) is 31.0 Å². The van der Waals surface area contributed by atoms with Crippen LogP contribution in [0.5, 0.6) is 5.75 Å². The summed E-state index contributed by atoms with van der Waals surface area (Å²) in [6.45, 7) is 1.81. The highest BCUT2D eigenvalue weighted by molar-refractivity contribution is 5.80. The lowest BCUT2D eigenvalue weighted by Crippen LogP contribution is -2.39. The van der Waals surface area contributed by atoms with E-state index in [1.807, 2.05) is 12.1 Å². The maximum absolute atomic E-state index is 13.1. The Hall–Kier alpha value is -1.77. The van der Waals surface area contributed by atoms with Gasteiger partial charge in [-0.3, -0.25) is 4.79 Å². The SMILES string of the molecule is COc1ccc([C@H]2CCCCN(C(=O)[C@H]3C[C@H]4C=C[C@H]3C4)C2)cc1. The first kappa shape index (κ1) is 15.7. The third-order valence-corrected chi connectivity index (χ3v) is 6.17. The predicted octanol–water partition coefficient (Wildman–Crippen LogP) is 4.00. The minimum absolute atomic E-state index is 0.245. The lowest BCUT2D eigenvalue weighted by atomic mass is 9.91. The van der Waals surface area contributed by atoms with Crippen molar-refractivity contribution in [2.75, 3.05) is 20.2 Å². The molecule has 0 unspecified atom stereocenters. The van der Waals surface area contributed by atoms with Crippen LogP contribution in [0, 0.1) is 17.8 Å². The number of hydrogen-bond donors (Lipinski definition) is 0. The smallest absolute Gasteiger partial charge is 0.226 e. The van der Waals surface area contributed by atoms with Gasteiger partial charge in [0.1, 0.15) is 5.75 Å². The molecule has 0 aromatic heterocycles. The number of fused-ring (bicyclic) bond motifs is 2. The largest absolute Gasteiger partial charge is 0.497 e. The Kier molecular flexibility index (Phi) is 4.34. The first-order valence-corrected chi connectivity index (χ1v) is 9.35. The van der Waals surface area contributed by atoms with E-state index < -0.39 is 0 Å². The number of carbonyl (C=O) groups excluding carboxylic acids is 1. The number of amides is 1. The van der Waals surface area contributed by atoms with Crippen molar-refractivity contribution in [1.29, 1.82) is 0 Å². The van der Waals surface area contributed by atoms with E-state index in [-0.39, 0.29) is 5.92 Å². The number of methoxy groups -OCH3 is 1. The number of nitrogens with zero attached hydrogens (tertiary/aromatic N) is 1. The molecule has 1 saturated heterocycles. The second kappa shape index (κ2) is 6.62. The fourth-order valence-electron chi connectivity index (χ4n) is 4.79. The molecule has 4 atom stereocenters. The fourth-order valence-corrected chi connectivity index (χ4v) is 4.79. The molecule has 4 rings (SSSR count). The van der Waals surface area contributed by atoms with Gasteiger partial charge < -0.3 is 9.64 Å². The van der Waals surface area contributed by atoms with Gasteiger partial charge in [-0.05, 0) is 55.2 Å². The Labute approximate surface area is 144 Å². The lowest BCUT2D eigenvalue weighted by molar-refractivity contribution is -0.136. The zero-order valence-electron chi connectivity index (χ0n) is 14.5. The molecule has 2 aliphatic carbocycles. The van der Waals surface area contributed by atoms with E-state index in [2.05, 4.69) is 29.2 Å². The molecule has 2 fully saturated rings. The topological polar surface area (TPSA) is 29.5 Å². The lowest BCUT2D eigenvalue weighted by Gasteiger charge is -2.29. The van der Waals surface area contributed by atoms with Crippen molar-refractivity contribution < 1.29 is 9.53 Å². The minimum Gasteiger partial charge on any atom is -0.497 e. The van der Waals surface area contributed by atoms with Crippen LogP contribution in [0.15, 0.2) is 36.4 Å². The van der Waals surface area contributed by atoms with Gasteiger partial charge in [-0.25, -0.2) is 0 Å². The highest BCUT2D eigenvalue weighted by atomic mass is 16.5. The molecule has 3 aliphatic rings. The van der Waals surface area contributed by atoms with Crippen LogP contribution in [-0.2, 0) is 4.79 Å². The molecule has 24 heavy (non-hydrogen) atoms. The first-order valence-electron chi connectivity index (χ1n) is 9.35. The van der Waals surface area contributed by atoms with Crippen LogP contribution in [0.2, 0.25) is 0 Å². The molecule has 1 amide bonds. The zero-order chi connectivity index (χ0) is 16.5. The van der Waals surface area contributed by atoms with E-state index in [0.29, 0.717) is 23.7 Å². The average molecular weight is 325 g/mol. The van der Waals surface area contributed by atoms with Crippen LogP contribution in [0.3, 0.4) is 0 Å². The third-order valence-electron chi connectivity index (χ3n) is 6.17. The molecular weight excluding hydrogens is 298 g/mol. The summed E-state index contributed by atoms with van der Waals surface area (Å²) in [6, 6.07) is 8.40. The molecule has 1 heterocycles. The number of benzene rings is 1. The Morgan fingerprint density at radius 1 is 1.12 bits per heavy atom. The van der Waals surface area contributed by atoms with Gasteiger partial charge >= 0.3 is 0 Å².